The summed E-state index contributed by atoms with van der Waals surface area (Å²) in [5.74, 6) is 0.994. The molecule has 6 nitrogen and oxygen atoms in total. The molecule has 1 amide bonds. The minimum absolute atomic E-state index is 0.137. The summed E-state index contributed by atoms with van der Waals surface area (Å²) in [7, 11) is 1.67. The van der Waals surface area contributed by atoms with Crippen molar-refractivity contribution in [2.45, 2.75) is 40.3 Å². The highest BCUT2D eigenvalue weighted by Gasteiger charge is 2.28. The predicted octanol–water partition coefficient (Wildman–Crippen LogP) is 2.55. The van der Waals surface area contributed by atoms with E-state index in [0.29, 0.717) is 6.54 Å². The van der Waals surface area contributed by atoms with E-state index < -0.39 is 0 Å². The van der Waals surface area contributed by atoms with Gasteiger partial charge < -0.3 is 14.5 Å². The molecule has 1 aliphatic heterocycles. The van der Waals surface area contributed by atoms with Gasteiger partial charge in [-0.3, -0.25) is 9.48 Å². The molecule has 0 N–H and O–H groups in total. The van der Waals surface area contributed by atoms with Crippen molar-refractivity contribution in [1.29, 1.82) is 0 Å². The fourth-order valence-corrected chi connectivity index (χ4v) is 3.52. The zero-order valence-electron chi connectivity index (χ0n) is 16.3. The molecule has 1 aromatic carbocycles. The highest BCUT2D eigenvalue weighted by Crippen LogP contribution is 2.22. The monoisotopic (exact) mass is 356 g/mol. The fraction of sp³-hybridized carbons (Fsp3) is 0.500. The molecule has 1 fully saturated rings. The number of anilines is 1. The van der Waals surface area contributed by atoms with Crippen LogP contribution >= 0.6 is 0 Å². The van der Waals surface area contributed by atoms with Gasteiger partial charge in [0.25, 0.3) is 0 Å². The maximum absolute atomic E-state index is 12.8. The minimum atomic E-state index is 0.137. The minimum Gasteiger partial charge on any atom is -0.497 e. The average molecular weight is 356 g/mol. The van der Waals surface area contributed by atoms with Crippen LogP contribution in [-0.2, 0) is 11.3 Å². The van der Waals surface area contributed by atoms with Crippen molar-refractivity contribution in [3.05, 3.63) is 41.2 Å². The van der Waals surface area contributed by atoms with Gasteiger partial charge >= 0.3 is 0 Å². The van der Waals surface area contributed by atoms with Crippen molar-refractivity contribution < 1.29 is 9.53 Å². The lowest BCUT2D eigenvalue weighted by Gasteiger charge is -2.41. The van der Waals surface area contributed by atoms with Crippen LogP contribution in [0.2, 0.25) is 0 Å². The molecule has 3 rings (SSSR count). The number of nitrogens with zero attached hydrogens (tertiary/aromatic N) is 4. The van der Waals surface area contributed by atoms with Crippen LogP contribution < -0.4 is 9.64 Å². The van der Waals surface area contributed by atoms with E-state index in [1.165, 1.54) is 5.69 Å². The Labute approximate surface area is 155 Å². The van der Waals surface area contributed by atoms with Gasteiger partial charge in [0.15, 0.2) is 0 Å². The number of ether oxygens (including phenoxy) is 1. The van der Waals surface area contributed by atoms with Gasteiger partial charge in [0.1, 0.15) is 12.3 Å². The lowest BCUT2D eigenvalue weighted by molar-refractivity contribution is -0.134. The number of aromatic nitrogens is 2. The number of methoxy groups -OCH3 is 1. The van der Waals surface area contributed by atoms with Gasteiger partial charge in [0, 0.05) is 37.1 Å². The van der Waals surface area contributed by atoms with E-state index in [-0.39, 0.29) is 11.9 Å². The van der Waals surface area contributed by atoms with Crippen molar-refractivity contribution >= 4 is 11.6 Å². The lowest BCUT2D eigenvalue weighted by atomic mass is 10.1. The number of piperazine rings is 1. The van der Waals surface area contributed by atoms with E-state index in [0.717, 1.165) is 42.3 Å². The first-order chi connectivity index (χ1) is 12.4. The van der Waals surface area contributed by atoms with E-state index in [1.807, 2.05) is 35.6 Å². The Morgan fingerprint density at radius 1 is 1.19 bits per heavy atom. The SMILES string of the molecule is COc1ccc(N2CCN(C(=O)Cn3nc(C)c(C)c3C)C(C)C2)cc1. The summed E-state index contributed by atoms with van der Waals surface area (Å²) in [6.07, 6.45) is 0. The van der Waals surface area contributed by atoms with E-state index in [1.54, 1.807) is 7.11 Å². The number of carbonyl (C=O) groups is 1. The molecular formula is C20H28N4O2. The second kappa shape index (κ2) is 7.40. The van der Waals surface area contributed by atoms with E-state index >= 15 is 0 Å². The van der Waals surface area contributed by atoms with Crippen LogP contribution in [0.1, 0.15) is 23.9 Å². The first-order valence-corrected chi connectivity index (χ1v) is 9.09. The Kier molecular flexibility index (Phi) is 5.20. The third kappa shape index (κ3) is 3.54. The van der Waals surface area contributed by atoms with Gasteiger partial charge in [-0.05, 0) is 57.5 Å². The van der Waals surface area contributed by atoms with E-state index in [9.17, 15) is 4.79 Å². The summed E-state index contributed by atoms with van der Waals surface area (Å²) in [5.41, 5.74) is 4.39. The van der Waals surface area contributed by atoms with Crippen LogP contribution in [0.3, 0.4) is 0 Å². The molecule has 1 atom stereocenters. The zero-order chi connectivity index (χ0) is 18.8. The number of rotatable bonds is 4. The number of amides is 1. The molecule has 0 spiro atoms. The van der Waals surface area contributed by atoms with E-state index in [2.05, 4.69) is 36.0 Å². The first kappa shape index (κ1) is 18.3. The maximum atomic E-state index is 12.8. The van der Waals surface area contributed by atoms with Crippen molar-refractivity contribution in [3.63, 3.8) is 0 Å². The van der Waals surface area contributed by atoms with Crippen molar-refractivity contribution in [1.82, 2.24) is 14.7 Å². The lowest BCUT2D eigenvalue weighted by Crippen LogP contribution is -2.54. The number of aryl methyl sites for hydroxylation is 1. The van der Waals surface area contributed by atoms with Gasteiger partial charge in [-0.25, -0.2) is 0 Å². The molecule has 0 bridgehead atoms. The van der Waals surface area contributed by atoms with Gasteiger partial charge in [0.2, 0.25) is 5.91 Å². The molecule has 1 saturated heterocycles. The molecule has 1 aromatic heterocycles. The smallest absolute Gasteiger partial charge is 0.244 e. The Morgan fingerprint density at radius 3 is 2.42 bits per heavy atom. The molecular weight excluding hydrogens is 328 g/mol. The Bertz CT molecular complexity index is 782. The Balaban J connectivity index is 1.64. The molecule has 0 saturated carbocycles. The molecule has 6 heteroatoms. The van der Waals surface area contributed by atoms with Gasteiger partial charge in [-0.15, -0.1) is 0 Å². The van der Waals surface area contributed by atoms with E-state index in [4.69, 9.17) is 4.74 Å². The maximum Gasteiger partial charge on any atom is 0.244 e. The Morgan fingerprint density at radius 2 is 1.88 bits per heavy atom. The summed E-state index contributed by atoms with van der Waals surface area (Å²) >= 11 is 0. The summed E-state index contributed by atoms with van der Waals surface area (Å²) in [6.45, 7) is 10.9. The topological polar surface area (TPSA) is 50.6 Å². The van der Waals surface area contributed by atoms with Crippen molar-refractivity contribution in [3.8, 4) is 5.75 Å². The zero-order valence-corrected chi connectivity index (χ0v) is 16.3. The summed E-state index contributed by atoms with van der Waals surface area (Å²) in [6, 6.07) is 8.26. The predicted molar refractivity (Wildman–Crippen MR) is 103 cm³/mol. The van der Waals surface area contributed by atoms with Crippen LogP contribution in [-0.4, -0.2) is 53.4 Å². The second-order valence-electron chi connectivity index (χ2n) is 7.03. The van der Waals surface area contributed by atoms with Crippen LogP contribution in [0, 0.1) is 20.8 Å². The third-order valence-electron chi connectivity index (χ3n) is 5.41. The Hall–Kier alpha value is -2.50. The van der Waals surface area contributed by atoms with Gasteiger partial charge in [-0.1, -0.05) is 0 Å². The molecule has 0 aliphatic carbocycles. The van der Waals surface area contributed by atoms with Gasteiger partial charge in [0.05, 0.1) is 12.8 Å². The highest BCUT2D eigenvalue weighted by atomic mass is 16.5. The van der Waals surface area contributed by atoms with Crippen LogP contribution in [0.4, 0.5) is 5.69 Å². The van der Waals surface area contributed by atoms with Crippen LogP contribution in [0.5, 0.6) is 5.75 Å². The fourth-order valence-electron chi connectivity index (χ4n) is 3.52. The first-order valence-electron chi connectivity index (χ1n) is 9.09. The molecule has 2 aromatic rings. The standard InChI is InChI=1S/C20H28N4O2/c1-14-12-22(18-6-8-19(26-5)9-7-18)10-11-23(14)20(25)13-24-17(4)15(2)16(3)21-24/h6-9,14H,10-13H2,1-5H3. The molecule has 26 heavy (non-hydrogen) atoms. The van der Waals surface area contributed by atoms with Crippen LogP contribution in [0.25, 0.3) is 0 Å². The largest absolute Gasteiger partial charge is 0.497 e. The number of hydrogen-bond acceptors (Lipinski definition) is 4. The molecule has 140 valence electrons. The molecule has 2 heterocycles. The normalized spacial score (nSPS) is 17.5. The number of hydrogen-bond donors (Lipinski definition) is 0. The average Bonchev–Trinajstić information content (AvgIpc) is 2.88. The number of benzene rings is 1. The second-order valence-corrected chi connectivity index (χ2v) is 7.03. The summed E-state index contributed by atoms with van der Waals surface area (Å²) in [5, 5.41) is 4.50. The molecule has 1 unspecified atom stereocenters. The number of carbonyl (C=O) groups excluding carboxylic acids is 1. The highest BCUT2D eigenvalue weighted by molar-refractivity contribution is 5.77. The van der Waals surface area contributed by atoms with Crippen molar-refractivity contribution in [2.24, 2.45) is 0 Å². The van der Waals surface area contributed by atoms with Crippen molar-refractivity contribution in [2.75, 3.05) is 31.6 Å². The molecule has 1 aliphatic rings. The summed E-state index contributed by atoms with van der Waals surface area (Å²) < 4.78 is 7.05. The van der Waals surface area contributed by atoms with Gasteiger partial charge in [-0.2, -0.15) is 5.10 Å². The van der Waals surface area contributed by atoms with Crippen LogP contribution in [0.15, 0.2) is 24.3 Å². The summed E-state index contributed by atoms with van der Waals surface area (Å²) in [4.78, 5) is 17.1. The quantitative estimate of drug-likeness (QED) is 0.845. The third-order valence-corrected chi connectivity index (χ3v) is 5.41. The molecule has 0 radical (unpaired) electrons.